The minimum Gasteiger partial charge on any atom is -0.497 e. The molecule has 0 saturated carbocycles. The third-order valence-corrected chi connectivity index (χ3v) is 8.74. The van der Waals surface area contributed by atoms with Gasteiger partial charge in [0.05, 0.1) is 25.7 Å². The molecule has 5 unspecified atom stereocenters. The molecule has 3 aliphatic heterocycles. The van der Waals surface area contributed by atoms with E-state index in [-0.39, 0.29) is 19.1 Å². The number of aliphatic hydroxyl groups excluding tert-OH is 1. The molecule has 3 heterocycles. The summed E-state index contributed by atoms with van der Waals surface area (Å²) in [4.78, 5) is 28.7. The predicted octanol–water partition coefficient (Wildman–Crippen LogP) is 1.85. The average Bonchev–Trinajstić information content (AvgIpc) is 3.66. The van der Waals surface area contributed by atoms with Gasteiger partial charge in [0.1, 0.15) is 5.76 Å². The summed E-state index contributed by atoms with van der Waals surface area (Å²) in [5.41, 5.74) is -0.544. The second kappa shape index (κ2) is 10.1. The highest BCUT2D eigenvalue weighted by atomic mass is 16.7. The average molecular weight is 552 g/mol. The number of carbonyl (C=O) groups is 2. The van der Waals surface area contributed by atoms with Crippen LogP contribution in [0.3, 0.4) is 0 Å². The van der Waals surface area contributed by atoms with Crippen molar-refractivity contribution in [3.63, 3.8) is 0 Å². The highest BCUT2D eigenvalue weighted by molar-refractivity contribution is 5.89. The molecular formula is C30H33NO9. The lowest BCUT2D eigenvalue weighted by molar-refractivity contribution is -0.193. The molecule has 1 aliphatic carbocycles. The van der Waals surface area contributed by atoms with Crippen LogP contribution < -0.4 is 9.47 Å². The van der Waals surface area contributed by atoms with E-state index in [0.717, 1.165) is 50.6 Å². The number of aliphatic hydroxyl groups is 2. The SMILES string of the molecule is COC(=O)C(O)C(O)(Cc1ccccc1)C(=O)OC1C(OC)=CC23CCCN2CCc2cc4c(cc2C13)OCO4. The first-order chi connectivity index (χ1) is 19.3. The summed E-state index contributed by atoms with van der Waals surface area (Å²) in [6.45, 7) is 1.82. The van der Waals surface area contributed by atoms with Gasteiger partial charge in [-0.05, 0) is 60.7 Å². The summed E-state index contributed by atoms with van der Waals surface area (Å²) in [6, 6.07) is 12.6. The minimum atomic E-state index is -2.61. The molecule has 0 aromatic heterocycles. The fourth-order valence-electron chi connectivity index (χ4n) is 6.81. The zero-order chi connectivity index (χ0) is 28.1. The third kappa shape index (κ3) is 4.13. The summed E-state index contributed by atoms with van der Waals surface area (Å²) in [5, 5.41) is 22.5. The predicted molar refractivity (Wildman–Crippen MR) is 141 cm³/mol. The van der Waals surface area contributed by atoms with Gasteiger partial charge in [-0.1, -0.05) is 30.3 Å². The van der Waals surface area contributed by atoms with Gasteiger partial charge in [-0.2, -0.15) is 0 Å². The third-order valence-electron chi connectivity index (χ3n) is 8.74. The van der Waals surface area contributed by atoms with Gasteiger partial charge in [-0.15, -0.1) is 0 Å². The van der Waals surface area contributed by atoms with Gasteiger partial charge >= 0.3 is 11.9 Å². The van der Waals surface area contributed by atoms with E-state index >= 15 is 0 Å². The van der Waals surface area contributed by atoms with Crippen molar-refractivity contribution in [2.24, 2.45) is 0 Å². The summed E-state index contributed by atoms with van der Waals surface area (Å²) in [5.74, 6) is -0.911. The smallest absolute Gasteiger partial charge is 0.342 e. The summed E-state index contributed by atoms with van der Waals surface area (Å²) in [6.07, 6.45) is 1.14. The lowest BCUT2D eigenvalue weighted by Crippen LogP contribution is -2.57. The Bertz CT molecular complexity index is 1340. The van der Waals surface area contributed by atoms with Crippen LogP contribution in [0.15, 0.2) is 54.3 Å². The Labute approximate surface area is 232 Å². The maximum Gasteiger partial charge on any atom is 0.342 e. The second-order valence-corrected chi connectivity index (χ2v) is 10.8. The Morgan fingerprint density at radius 3 is 2.62 bits per heavy atom. The largest absolute Gasteiger partial charge is 0.497 e. The molecular weight excluding hydrogens is 518 g/mol. The van der Waals surface area contributed by atoms with Gasteiger partial charge < -0.3 is 33.9 Å². The molecule has 4 aliphatic rings. The maximum absolute atomic E-state index is 13.9. The molecule has 2 aromatic carbocycles. The van der Waals surface area contributed by atoms with Crippen molar-refractivity contribution in [1.82, 2.24) is 4.90 Å². The number of rotatable bonds is 7. The van der Waals surface area contributed by atoms with E-state index < -0.39 is 35.3 Å². The highest BCUT2D eigenvalue weighted by Gasteiger charge is 2.60. The summed E-state index contributed by atoms with van der Waals surface area (Å²) in [7, 11) is 2.60. The minimum absolute atomic E-state index is 0.137. The molecule has 40 heavy (non-hydrogen) atoms. The topological polar surface area (TPSA) is 124 Å². The van der Waals surface area contributed by atoms with Gasteiger partial charge in [0.2, 0.25) is 12.4 Å². The molecule has 1 saturated heterocycles. The van der Waals surface area contributed by atoms with Gasteiger partial charge in [0.15, 0.2) is 23.7 Å². The van der Waals surface area contributed by atoms with Gasteiger partial charge in [0.25, 0.3) is 0 Å². The molecule has 0 bridgehead atoms. The molecule has 2 N–H and O–H groups in total. The van der Waals surface area contributed by atoms with Crippen molar-refractivity contribution >= 4 is 11.9 Å². The fraction of sp³-hybridized carbons (Fsp3) is 0.467. The zero-order valence-electron chi connectivity index (χ0n) is 22.5. The Balaban J connectivity index is 1.41. The standard InChI is InChI=1S/C30H33NO9/c1-36-23-16-29-10-6-11-31(29)12-9-19-13-21-22(39-17-38-21)14-20(19)24(29)25(23)40-28(34)30(35,26(32)27(33)37-2)15-18-7-4-3-5-8-18/h3-5,7-8,13-14,16,24-26,32,35H,6,9-12,15,17H2,1-2H3. The number of methoxy groups -OCH3 is 2. The van der Waals surface area contributed by atoms with Crippen LogP contribution in [0.25, 0.3) is 0 Å². The zero-order valence-corrected chi connectivity index (χ0v) is 22.5. The van der Waals surface area contributed by atoms with Crippen molar-refractivity contribution in [1.29, 1.82) is 0 Å². The van der Waals surface area contributed by atoms with Crippen LogP contribution in [0.2, 0.25) is 0 Å². The van der Waals surface area contributed by atoms with Crippen molar-refractivity contribution in [2.75, 3.05) is 34.1 Å². The van der Waals surface area contributed by atoms with E-state index in [2.05, 4.69) is 9.64 Å². The molecule has 212 valence electrons. The maximum atomic E-state index is 13.9. The Morgan fingerprint density at radius 2 is 1.90 bits per heavy atom. The van der Waals surface area contributed by atoms with E-state index in [1.54, 1.807) is 30.3 Å². The molecule has 10 heteroatoms. The highest BCUT2D eigenvalue weighted by Crippen LogP contribution is 2.55. The number of hydrogen-bond donors (Lipinski definition) is 2. The number of esters is 2. The Kier molecular flexibility index (Phi) is 6.72. The van der Waals surface area contributed by atoms with Crippen molar-refractivity contribution in [3.05, 3.63) is 71.0 Å². The molecule has 5 atom stereocenters. The van der Waals surface area contributed by atoms with E-state index in [0.29, 0.717) is 22.8 Å². The molecule has 0 radical (unpaired) electrons. The van der Waals surface area contributed by atoms with Gasteiger partial charge in [-0.25, -0.2) is 9.59 Å². The quantitative estimate of drug-likeness (QED) is 0.493. The molecule has 10 nitrogen and oxygen atoms in total. The molecule has 1 fully saturated rings. The van der Waals surface area contributed by atoms with Gasteiger partial charge in [-0.3, -0.25) is 4.90 Å². The first-order valence-electron chi connectivity index (χ1n) is 13.5. The van der Waals surface area contributed by atoms with E-state index in [4.69, 9.17) is 18.9 Å². The number of nitrogens with zero attached hydrogens (tertiary/aromatic N) is 1. The first-order valence-corrected chi connectivity index (χ1v) is 13.5. The van der Waals surface area contributed by atoms with Crippen LogP contribution in [0.5, 0.6) is 11.5 Å². The summed E-state index contributed by atoms with van der Waals surface area (Å²) >= 11 is 0. The number of benzene rings is 2. The second-order valence-electron chi connectivity index (χ2n) is 10.8. The van der Waals surface area contributed by atoms with Crippen LogP contribution in [-0.2, 0) is 36.6 Å². The van der Waals surface area contributed by atoms with Crippen molar-refractivity contribution < 1.29 is 43.5 Å². The van der Waals surface area contributed by atoms with Gasteiger partial charge in [0, 0.05) is 13.0 Å². The molecule has 6 rings (SSSR count). The first kappa shape index (κ1) is 26.6. The van der Waals surface area contributed by atoms with E-state index in [1.165, 1.54) is 7.11 Å². The van der Waals surface area contributed by atoms with Crippen LogP contribution in [0.1, 0.15) is 35.4 Å². The number of fused-ring (bicyclic) bond motifs is 3. The lowest BCUT2D eigenvalue weighted by Gasteiger charge is -2.40. The number of ether oxygens (including phenoxy) is 5. The Hall–Kier alpha value is -3.60. The molecule has 0 amide bonds. The monoisotopic (exact) mass is 551 g/mol. The molecule has 1 spiro atoms. The van der Waals surface area contributed by atoms with Crippen LogP contribution >= 0.6 is 0 Å². The number of hydrogen-bond acceptors (Lipinski definition) is 10. The van der Waals surface area contributed by atoms with Crippen LogP contribution in [0.4, 0.5) is 0 Å². The lowest BCUT2D eigenvalue weighted by atomic mass is 9.77. The summed E-state index contributed by atoms with van der Waals surface area (Å²) < 4.78 is 27.9. The normalized spacial score (nSPS) is 26.9. The van der Waals surface area contributed by atoms with Crippen molar-refractivity contribution in [2.45, 2.75) is 54.9 Å². The number of carbonyl (C=O) groups excluding carboxylic acids is 2. The van der Waals surface area contributed by atoms with Crippen LogP contribution in [-0.4, -0.2) is 84.5 Å². The molecule has 2 aromatic rings. The van der Waals surface area contributed by atoms with E-state index in [9.17, 15) is 19.8 Å². The van der Waals surface area contributed by atoms with Crippen molar-refractivity contribution in [3.8, 4) is 11.5 Å². The fourth-order valence-corrected chi connectivity index (χ4v) is 6.81. The van der Waals surface area contributed by atoms with Crippen LogP contribution in [0, 0.1) is 0 Å². The van der Waals surface area contributed by atoms with E-state index in [1.807, 2.05) is 18.2 Å². The Morgan fingerprint density at radius 1 is 1.15 bits per heavy atom.